The SMILES string of the molecule is CN(C)c1ccc(C[NH2+]Cc2ccccn2)cc1.O=C([O-])C(=O)O. The van der Waals surface area contributed by atoms with Gasteiger partial charge in [-0.1, -0.05) is 18.2 Å². The third kappa shape index (κ3) is 7.37. The highest BCUT2D eigenvalue weighted by molar-refractivity contribution is 6.26. The van der Waals surface area contributed by atoms with Crippen LogP contribution in [0.5, 0.6) is 0 Å². The summed E-state index contributed by atoms with van der Waals surface area (Å²) in [6.07, 6.45) is 1.84. The van der Waals surface area contributed by atoms with E-state index < -0.39 is 11.9 Å². The van der Waals surface area contributed by atoms with Crippen molar-refractivity contribution in [3.63, 3.8) is 0 Å². The highest BCUT2D eigenvalue weighted by atomic mass is 16.4. The van der Waals surface area contributed by atoms with E-state index in [-0.39, 0.29) is 0 Å². The minimum absolute atomic E-state index is 0.927. The summed E-state index contributed by atoms with van der Waals surface area (Å²) >= 11 is 0. The molecule has 0 radical (unpaired) electrons. The molecule has 2 aromatic rings. The molecule has 7 heteroatoms. The first-order valence-electron chi connectivity index (χ1n) is 7.32. The average molecular weight is 331 g/mol. The fourth-order valence-corrected chi connectivity index (χ4v) is 1.84. The number of benzene rings is 1. The van der Waals surface area contributed by atoms with Crippen LogP contribution in [0.1, 0.15) is 11.3 Å². The molecule has 0 saturated carbocycles. The number of nitrogens with zero attached hydrogens (tertiary/aromatic N) is 2. The molecule has 0 saturated heterocycles. The molecule has 7 nitrogen and oxygen atoms in total. The van der Waals surface area contributed by atoms with E-state index in [4.69, 9.17) is 19.8 Å². The molecule has 0 atom stereocenters. The maximum Gasteiger partial charge on any atom is 0.351 e. The minimum atomic E-state index is -2.07. The number of pyridine rings is 1. The standard InChI is InChI=1S/C15H19N3.C2H2O4/c1-18(2)15-8-6-13(7-9-15)11-16-12-14-5-3-4-10-17-14;3-1(4)2(5)6/h3-10,16H,11-12H2,1-2H3;(H,3,4)(H,5,6). The summed E-state index contributed by atoms with van der Waals surface area (Å²) in [5, 5.41) is 18.6. The summed E-state index contributed by atoms with van der Waals surface area (Å²) in [6, 6.07) is 14.7. The zero-order valence-corrected chi connectivity index (χ0v) is 13.7. The topological polar surface area (TPSA) is 110 Å². The maximum atomic E-state index is 9.04. The second kappa shape index (κ2) is 9.96. The van der Waals surface area contributed by atoms with Crippen molar-refractivity contribution in [1.82, 2.24) is 4.98 Å². The minimum Gasteiger partial charge on any atom is -0.539 e. The molecule has 0 aliphatic heterocycles. The van der Waals surface area contributed by atoms with Gasteiger partial charge in [0.25, 0.3) is 0 Å². The Morgan fingerprint density at radius 1 is 1.12 bits per heavy atom. The van der Waals surface area contributed by atoms with Crippen molar-refractivity contribution in [2.75, 3.05) is 19.0 Å². The Balaban J connectivity index is 0.000000413. The third-order valence-electron chi connectivity index (χ3n) is 3.09. The Morgan fingerprint density at radius 2 is 1.75 bits per heavy atom. The number of quaternary nitrogens is 1. The van der Waals surface area contributed by atoms with Gasteiger partial charge >= 0.3 is 5.97 Å². The second-order valence-corrected chi connectivity index (χ2v) is 5.17. The lowest BCUT2D eigenvalue weighted by atomic mass is 10.2. The molecule has 1 aromatic carbocycles. The largest absolute Gasteiger partial charge is 0.539 e. The number of anilines is 1. The van der Waals surface area contributed by atoms with Crippen molar-refractivity contribution in [2.45, 2.75) is 13.1 Å². The van der Waals surface area contributed by atoms with Gasteiger partial charge in [0.15, 0.2) is 5.97 Å². The van der Waals surface area contributed by atoms with E-state index in [1.807, 2.05) is 18.3 Å². The number of hydrogen-bond donors (Lipinski definition) is 2. The molecule has 3 N–H and O–H groups in total. The summed E-state index contributed by atoms with van der Waals surface area (Å²) in [7, 11) is 4.12. The van der Waals surface area contributed by atoms with Crippen LogP contribution >= 0.6 is 0 Å². The molecule has 0 bridgehead atoms. The van der Waals surface area contributed by atoms with Crippen LogP contribution < -0.4 is 15.3 Å². The lowest BCUT2D eigenvalue weighted by molar-refractivity contribution is -0.686. The van der Waals surface area contributed by atoms with Crippen LogP contribution in [0.15, 0.2) is 48.7 Å². The number of nitrogens with two attached hydrogens (primary N) is 1. The fourth-order valence-electron chi connectivity index (χ4n) is 1.84. The van der Waals surface area contributed by atoms with Gasteiger partial charge in [-0.05, 0) is 24.3 Å². The number of rotatable bonds is 5. The molecular weight excluding hydrogens is 310 g/mol. The van der Waals surface area contributed by atoms with Gasteiger partial charge in [0.05, 0.1) is 5.69 Å². The summed E-state index contributed by atoms with van der Waals surface area (Å²) in [4.78, 5) is 24.4. The van der Waals surface area contributed by atoms with Gasteiger partial charge in [-0.25, -0.2) is 4.79 Å². The van der Waals surface area contributed by atoms with Crippen molar-refractivity contribution in [3.05, 3.63) is 59.9 Å². The van der Waals surface area contributed by atoms with Crippen molar-refractivity contribution in [1.29, 1.82) is 0 Å². The number of aliphatic carboxylic acids is 2. The zero-order valence-electron chi connectivity index (χ0n) is 13.7. The molecule has 0 unspecified atom stereocenters. The smallest absolute Gasteiger partial charge is 0.351 e. The summed E-state index contributed by atoms with van der Waals surface area (Å²) < 4.78 is 0. The van der Waals surface area contributed by atoms with E-state index >= 15 is 0 Å². The van der Waals surface area contributed by atoms with E-state index in [1.54, 1.807) is 0 Å². The monoisotopic (exact) mass is 331 g/mol. The predicted octanol–water partition coefficient (Wildman–Crippen LogP) is -0.768. The second-order valence-electron chi connectivity index (χ2n) is 5.17. The Hall–Kier alpha value is -2.93. The van der Waals surface area contributed by atoms with Crippen molar-refractivity contribution >= 4 is 17.6 Å². The van der Waals surface area contributed by atoms with Gasteiger partial charge in [0.1, 0.15) is 13.1 Å². The lowest BCUT2D eigenvalue weighted by Crippen LogP contribution is -2.80. The van der Waals surface area contributed by atoms with E-state index in [2.05, 4.69) is 59.6 Å². The maximum absolute atomic E-state index is 9.04. The highest BCUT2D eigenvalue weighted by Gasteiger charge is 1.99. The van der Waals surface area contributed by atoms with Crippen molar-refractivity contribution < 1.29 is 25.1 Å². The van der Waals surface area contributed by atoms with Gasteiger partial charge in [-0.3, -0.25) is 4.98 Å². The third-order valence-corrected chi connectivity index (χ3v) is 3.09. The van der Waals surface area contributed by atoms with Crippen LogP contribution in [0, 0.1) is 0 Å². The van der Waals surface area contributed by atoms with Gasteiger partial charge in [0, 0.05) is 31.5 Å². The Bertz CT molecular complexity index is 631. The number of hydrogen-bond acceptors (Lipinski definition) is 5. The normalized spacial score (nSPS) is 9.58. The quantitative estimate of drug-likeness (QED) is 0.696. The molecule has 1 aromatic heterocycles. The highest BCUT2D eigenvalue weighted by Crippen LogP contribution is 2.11. The van der Waals surface area contributed by atoms with E-state index in [1.165, 1.54) is 11.3 Å². The zero-order chi connectivity index (χ0) is 17.9. The predicted molar refractivity (Wildman–Crippen MR) is 87.0 cm³/mol. The molecule has 0 spiro atoms. The fraction of sp³-hybridized carbons (Fsp3) is 0.235. The van der Waals surface area contributed by atoms with Crippen LogP contribution in [0.2, 0.25) is 0 Å². The van der Waals surface area contributed by atoms with E-state index in [0.717, 1.165) is 18.8 Å². The summed E-state index contributed by atoms with van der Waals surface area (Å²) in [6.45, 7) is 1.92. The molecule has 0 aliphatic rings. The van der Waals surface area contributed by atoms with Crippen LogP contribution in [0.3, 0.4) is 0 Å². The first-order chi connectivity index (χ1) is 11.4. The van der Waals surface area contributed by atoms with Gasteiger partial charge < -0.3 is 25.2 Å². The van der Waals surface area contributed by atoms with Crippen LogP contribution in [0.4, 0.5) is 5.69 Å². The molecule has 128 valence electrons. The van der Waals surface area contributed by atoms with Crippen LogP contribution in [0.25, 0.3) is 0 Å². The summed E-state index contributed by atoms with van der Waals surface area (Å²) in [5.74, 6) is -4.01. The van der Waals surface area contributed by atoms with Crippen LogP contribution in [-0.2, 0) is 22.7 Å². The number of carboxylic acid groups (broad SMARTS) is 2. The molecule has 0 fully saturated rings. The van der Waals surface area contributed by atoms with Crippen molar-refractivity contribution in [2.24, 2.45) is 0 Å². The van der Waals surface area contributed by atoms with Gasteiger partial charge in [0.2, 0.25) is 0 Å². The van der Waals surface area contributed by atoms with Gasteiger partial charge in [-0.15, -0.1) is 0 Å². The number of carbonyl (C=O) groups excluding carboxylic acids is 1. The Labute approximate surface area is 140 Å². The molecule has 0 aliphatic carbocycles. The lowest BCUT2D eigenvalue weighted by Gasteiger charge is -2.12. The number of carboxylic acids is 2. The van der Waals surface area contributed by atoms with Gasteiger partial charge in [-0.2, -0.15) is 0 Å². The first kappa shape index (κ1) is 19.1. The van der Waals surface area contributed by atoms with E-state index in [9.17, 15) is 0 Å². The molecular formula is C17H21N3O4. The molecule has 1 heterocycles. The number of aromatic nitrogens is 1. The van der Waals surface area contributed by atoms with Crippen molar-refractivity contribution in [3.8, 4) is 0 Å². The molecule has 24 heavy (non-hydrogen) atoms. The average Bonchev–Trinajstić information content (AvgIpc) is 2.57. The van der Waals surface area contributed by atoms with Crippen LogP contribution in [-0.4, -0.2) is 36.1 Å². The Morgan fingerprint density at radius 3 is 2.21 bits per heavy atom. The van der Waals surface area contributed by atoms with E-state index in [0.29, 0.717) is 0 Å². The molecule has 0 amide bonds. The Kier molecular flexibility index (Phi) is 7.93. The summed E-state index contributed by atoms with van der Waals surface area (Å²) in [5.41, 5.74) is 3.71. The number of carbonyl (C=O) groups is 2. The first-order valence-corrected chi connectivity index (χ1v) is 7.32. The molecule has 2 rings (SSSR count).